The van der Waals surface area contributed by atoms with Crippen LogP contribution in [0.3, 0.4) is 0 Å². The zero-order valence-electron chi connectivity index (χ0n) is 11.7. The molecule has 4 heteroatoms. The molecule has 2 aromatic rings. The Hall–Kier alpha value is -2.23. The van der Waals surface area contributed by atoms with Crippen LogP contribution in [0, 0.1) is 0 Å². The van der Waals surface area contributed by atoms with Crippen LogP contribution in [0.15, 0.2) is 24.3 Å². The summed E-state index contributed by atoms with van der Waals surface area (Å²) in [5, 5.41) is 0. The summed E-state index contributed by atoms with van der Waals surface area (Å²) in [5.74, 6) is 0.913. The van der Waals surface area contributed by atoms with E-state index in [1.807, 2.05) is 0 Å². The van der Waals surface area contributed by atoms with Crippen molar-refractivity contribution in [2.75, 3.05) is 0 Å². The van der Waals surface area contributed by atoms with Gasteiger partial charge in [0.05, 0.1) is 0 Å². The summed E-state index contributed by atoms with van der Waals surface area (Å²) in [4.78, 5) is 32.7. The van der Waals surface area contributed by atoms with E-state index < -0.39 is 0 Å². The Kier molecular flexibility index (Phi) is 2.77. The molecule has 2 aliphatic carbocycles. The highest BCUT2D eigenvalue weighted by molar-refractivity contribution is 6.27. The van der Waals surface area contributed by atoms with E-state index >= 15 is 0 Å². The lowest BCUT2D eigenvalue weighted by Gasteiger charge is -2.19. The Labute approximate surface area is 122 Å². The molecule has 1 aromatic carbocycles. The third-order valence-corrected chi connectivity index (χ3v) is 4.57. The van der Waals surface area contributed by atoms with E-state index in [2.05, 4.69) is 9.97 Å². The summed E-state index contributed by atoms with van der Waals surface area (Å²) in [6, 6.07) is 6.98. The lowest BCUT2D eigenvalue weighted by Crippen LogP contribution is -2.20. The van der Waals surface area contributed by atoms with Crippen molar-refractivity contribution in [1.29, 1.82) is 0 Å². The normalized spacial score (nSPS) is 18.5. The first-order valence-electron chi connectivity index (χ1n) is 7.54. The van der Waals surface area contributed by atoms with Gasteiger partial charge in [-0.3, -0.25) is 9.59 Å². The second-order valence-electron chi connectivity index (χ2n) is 5.88. The van der Waals surface area contributed by atoms with Crippen LogP contribution < -0.4 is 0 Å². The zero-order chi connectivity index (χ0) is 14.4. The van der Waals surface area contributed by atoms with Crippen LogP contribution in [0.25, 0.3) is 0 Å². The summed E-state index contributed by atoms with van der Waals surface area (Å²) < 4.78 is 0. The molecule has 1 heterocycles. The van der Waals surface area contributed by atoms with Crippen molar-refractivity contribution in [2.24, 2.45) is 0 Å². The van der Waals surface area contributed by atoms with Crippen LogP contribution in [0.1, 0.15) is 76.0 Å². The number of nitrogens with one attached hydrogen (secondary N) is 1. The Morgan fingerprint density at radius 1 is 0.952 bits per heavy atom. The second-order valence-corrected chi connectivity index (χ2v) is 5.88. The maximum atomic E-state index is 12.5. The molecule has 1 fully saturated rings. The number of hydrogen-bond donors (Lipinski definition) is 1. The number of rotatable bonds is 1. The number of hydrogen-bond acceptors (Lipinski definition) is 3. The summed E-state index contributed by atoms with van der Waals surface area (Å²) in [6.45, 7) is 0. The molecule has 106 valence electrons. The minimum absolute atomic E-state index is 0.116. The van der Waals surface area contributed by atoms with Crippen molar-refractivity contribution < 1.29 is 9.59 Å². The summed E-state index contributed by atoms with van der Waals surface area (Å²) >= 11 is 0. The van der Waals surface area contributed by atoms with Gasteiger partial charge >= 0.3 is 0 Å². The van der Waals surface area contributed by atoms with Crippen LogP contribution >= 0.6 is 0 Å². The molecule has 0 spiro atoms. The van der Waals surface area contributed by atoms with Crippen molar-refractivity contribution in [3.63, 3.8) is 0 Å². The highest BCUT2D eigenvalue weighted by Gasteiger charge is 2.34. The lowest BCUT2D eigenvalue weighted by molar-refractivity contribution is 0.0974. The van der Waals surface area contributed by atoms with Crippen LogP contribution in [0.5, 0.6) is 0 Å². The van der Waals surface area contributed by atoms with E-state index in [0.29, 0.717) is 28.4 Å². The van der Waals surface area contributed by atoms with Gasteiger partial charge in [0.2, 0.25) is 11.6 Å². The van der Waals surface area contributed by atoms with Gasteiger partial charge in [-0.15, -0.1) is 0 Å². The van der Waals surface area contributed by atoms with E-state index in [-0.39, 0.29) is 11.6 Å². The summed E-state index contributed by atoms with van der Waals surface area (Å²) in [5.41, 5.74) is 1.63. The topological polar surface area (TPSA) is 62.8 Å². The Bertz CT molecular complexity index is 686. The number of imidazole rings is 1. The summed E-state index contributed by atoms with van der Waals surface area (Å²) in [7, 11) is 0. The van der Waals surface area contributed by atoms with E-state index in [0.717, 1.165) is 18.7 Å². The Morgan fingerprint density at radius 3 is 2.33 bits per heavy atom. The predicted molar refractivity (Wildman–Crippen MR) is 77.7 cm³/mol. The number of carbonyl (C=O) groups excluding carboxylic acids is 2. The molecule has 21 heavy (non-hydrogen) atoms. The number of aromatic nitrogens is 2. The van der Waals surface area contributed by atoms with Gasteiger partial charge in [0, 0.05) is 17.0 Å². The van der Waals surface area contributed by atoms with Gasteiger partial charge in [0.25, 0.3) is 0 Å². The molecule has 1 aromatic heterocycles. The van der Waals surface area contributed by atoms with E-state index in [1.54, 1.807) is 24.3 Å². The first-order valence-corrected chi connectivity index (χ1v) is 7.54. The average Bonchev–Trinajstić information content (AvgIpc) is 2.99. The van der Waals surface area contributed by atoms with Gasteiger partial charge in [0.1, 0.15) is 17.2 Å². The van der Waals surface area contributed by atoms with Gasteiger partial charge in [-0.1, -0.05) is 43.5 Å². The number of carbonyl (C=O) groups is 2. The van der Waals surface area contributed by atoms with Crippen molar-refractivity contribution in [3.05, 3.63) is 52.6 Å². The van der Waals surface area contributed by atoms with Crippen molar-refractivity contribution in [1.82, 2.24) is 9.97 Å². The molecular formula is C17H16N2O2. The van der Waals surface area contributed by atoms with Crippen LogP contribution in [-0.4, -0.2) is 21.5 Å². The zero-order valence-corrected chi connectivity index (χ0v) is 11.7. The fourth-order valence-electron chi connectivity index (χ4n) is 3.43. The highest BCUT2D eigenvalue weighted by atomic mass is 16.1. The highest BCUT2D eigenvalue weighted by Crippen LogP contribution is 2.33. The maximum Gasteiger partial charge on any atom is 0.214 e. The smallest absolute Gasteiger partial charge is 0.214 e. The van der Waals surface area contributed by atoms with Crippen LogP contribution in [-0.2, 0) is 0 Å². The fraction of sp³-hybridized carbons (Fsp3) is 0.353. The minimum Gasteiger partial charge on any atom is -0.338 e. The SMILES string of the molecule is O=C1c2ccccc2C(=O)c2[nH]c(C3CCCCC3)nc21. The van der Waals surface area contributed by atoms with E-state index in [1.165, 1.54) is 19.3 Å². The number of fused-ring (bicyclic) bond motifs is 2. The predicted octanol–water partition coefficient (Wildman–Crippen LogP) is 3.23. The average molecular weight is 280 g/mol. The first kappa shape index (κ1) is 12.5. The molecule has 4 nitrogen and oxygen atoms in total. The molecule has 1 saturated carbocycles. The van der Waals surface area contributed by atoms with Crippen molar-refractivity contribution >= 4 is 11.6 Å². The molecule has 0 bridgehead atoms. The van der Waals surface area contributed by atoms with E-state index in [4.69, 9.17) is 0 Å². The van der Waals surface area contributed by atoms with E-state index in [9.17, 15) is 9.59 Å². The van der Waals surface area contributed by atoms with Gasteiger partial charge in [-0.05, 0) is 12.8 Å². The van der Waals surface area contributed by atoms with Crippen molar-refractivity contribution in [2.45, 2.75) is 38.0 Å². The van der Waals surface area contributed by atoms with Crippen LogP contribution in [0.2, 0.25) is 0 Å². The Balaban J connectivity index is 1.79. The number of aromatic amines is 1. The van der Waals surface area contributed by atoms with Gasteiger partial charge in [-0.25, -0.2) is 4.98 Å². The Morgan fingerprint density at radius 2 is 1.62 bits per heavy atom. The van der Waals surface area contributed by atoms with Crippen LogP contribution in [0.4, 0.5) is 0 Å². The monoisotopic (exact) mass is 280 g/mol. The van der Waals surface area contributed by atoms with Crippen molar-refractivity contribution in [3.8, 4) is 0 Å². The molecule has 0 saturated heterocycles. The first-order chi connectivity index (χ1) is 10.3. The number of H-pyrrole nitrogens is 1. The molecule has 2 aliphatic rings. The maximum absolute atomic E-state index is 12.5. The number of ketones is 2. The molecule has 4 rings (SSSR count). The second kappa shape index (κ2) is 4.65. The molecule has 0 radical (unpaired) electrons. The third-order valence-electron chi connectivity index (χ3n) is 4.57. The fourth-order valence-corrected chi connectivity index (χ4v) is 3.43. The molecular weight excluding hydrogens is 264 g/mol. The van der Waals surface area contributed by atoms with Gasteiger partial charge in [-0.2, -0.15) is 0 Å². The number of benzene rings is 1. The quantitative estimate of drug-likeness (QED) is 0.744. The largest absolute Gasteiger partial charge is 0.338 e. The molecule has 0 amide bonds. The van der Waals surface area contributed by atoms with Gasteiger partial charge in [0.15, 0.2) is 0 Å². The molecule has 1 N–H and O–H groups in total. The summed E-state index contributed by atoms with van der Waals surface area (Å²) in [6.07, 6.45) is 5.82. The lowest BCUT2D eigenvalue weighted by atomic mass is 9.89. The third kappa shape index (κ3) is 1.86. The minimum atomic E-state index is -0.140. The van der Waals surface area contributed by atoms with Gasteiger partial charge < -0.3 is 4.98 Å². The molecule has 0 unspecified atom stereocenters. The standard InChI is InChI=1S/C17H16N2O2/c20-15-11-8-4-5-9-12(11)16(21)14-13(15)18-17(19-14)10-6-2-1-3-7-10/h4-5,8-10H,1-3,6-7H2,(H,18,19). The number of nitrogens with zero attached hydrogens (tertiary/aromatic N) is 1. The molecule has 0 atom stereocenters. The molecule has 0 aliphatic heterocycles.